The van der Waals surface area contributed by atoms with Crippen LogP contribution in [0.5, 0.6) is 11.5 Å². The van der Waals surface area contributed by atoms with E-state index in [-0.39, 0.29) is 23.0 Å². The van der Waals surface area contributed by atoms with E-state index in [4.69, 9.17) is 19.2 Å². The largest absolute Gasteiger partial charge is 0.486 e. The van der Waals surface area contributed by atoms with Gasteiger partial charge in [0.15, 0.2) is 16.6 Å². The van der Waals surface area contributed by atoms with E-state index in [9.17, 15) is 13.2 Å². The highest BCUT2D eigenvalue weighted by atomic mass is 32.2. The number of rotatable bonds is 8. The molecule has 5 rings (SSSR count). The number of amides is 1. The quantitative estimate of drug-likeness (QED) is 0.403. The Labute approximate surface area is 233 Å². The number of hydrogen-bond donors (Lipinski definition) is 0. The van der Waals surface area contributed by atoms with Crippen molar-refractivity contribution in [2.24, 2.45) is 0 Å². The molecule has 210 valence electrons. The van der Waals surface area contributed by atoms with Crippen molar-refractivity contribution in [2.75, 3.05) is 58.4 Å². The first-order valence-electron chi connectivity index (χ1n) is 13.0. The first kappa shape index (κ1) is 27.8. The molecule has 2 aliphatic rings. The van der Waals surface area contributed by atoms with E-state index in [2.05, 4.69) is 4.90 Å². The molecule has 0 saturated carbocycles. The van der Waals surface area contributed by atoms with Gasteiger partial charge in [0, 0.05) is 37.3 Å². The highest BCUT2D eigenvalue weighted by Gasteiger charge is 2.32. The Morgan fingerprint density at radius 3 is 2.31 bits per heavy atom. The number of benzene rings is 2. The van der Waals surface area contributed by atoms with Gasteiger partial charge in [-0.2, -0.15) is 4.31 Å². The summed E-state index contributed by atoms with van der Waals surface area (Å²) >= 11 is 1.42. The average molecular weight is 575 g/mol. The molecule has 1 saturated heterocycles. The number of ether oxygens (including phenoxy) is 3. The van der Waals surface area contributed by atoms with Gasteiger partial charge in [0.05, 0.1) is 27.3 Å². The molecule has 0 spiro atoms. The minimum Gasteiger partial charge on any atom is -0.486 e. The number of thiazole rings is 1. The molecule has 3 aromatic rings. The van der Waals surface area contributed by atoms with Crippen molar-refractivity contribution < 1.29 is 27.4 Å². The van der Waals surface area contributed by atoms with Crippen LogP contribution in [0.15, 0.2) is 41.3 Å². The number of carbonyl (C=O) groups is 1. The number of hydrogen-bond acceptors (Lipinski definition) is 9. The maximum Gasteiger partial charge on any atom is 0.260 e. The van der Waals surface area contributed by atoms with E-state index in [0.717, 1.165) is 23.2 Å². The Hall–Kier alpha value is -2.77. The Morgan fingerprint density at radius 2 is 1.67 bits per heavy atom. The van der Waals surface area contributed by atoms with Gasteiger partial charge in [-0.1, -0.05) is 11.3 Å². The lowest BCUT2D eigenvalue weighted by molar-refractivity contribution is -0.0440. The van der Waals surface area contributed by atoms with Crippen LogP contribution in [0.1, 0.15) is 30.6 Å². The molecule has 0 bridgehead atoms. The fourth-order valence-electron chi connectivity index (χ4n) is 4.80. The van der Waals surface area contributed by atoms with Gasteiger partial charge in [-0.25, -0.2) is 13.4 Å². The van der Waals surface area contributed by atoms with Gasteiger partial charge in [0.2, 0.25) is 10.0 Å². The van der Waals surface area contributed by atoms with Gasteiger partial charge < -0.3 is 19.1 Å². The topological polar surface area (TPSA) is 102 Å². The van der Waals surface area contributed by atoms with E-state index >= 15 is 0 Å². The van der Waals surface area contributed by atoms with Crippen molar-refractivity contribution in [3.63, 3.8) is 0 Å². The number of carbonyl (C=O) groups excluding carboxylic acids is 1. The number of fused-ring (bicyclic) bond motifs is 2. The molecule has 2 atom stereocenters. The molecule has 0 N–H and O–H groups in total. The summed E-state index contributed by atoms with van der Waals surface area (Å²) in [5, 5.41) is 0.573. The van der Waals surface area contributed by atoms with Crippen LogP contribution in [0.3, 0.4) is 0 Å². The highest BCUT2D eigenvalue weighted by molar-refractivity contribution is 7.89. The van der Waals surface area contributed by atoms with Gasteiger partial charge in [0.25, 0.3) is 5.91 Å². The first-order valence-corrected chi connectivity index (χ1v) is 15.3. The van der Waals surface area contributed by atoms with Crippen LogP contribution in [-0.4, -0.2) is 94.2 Å². The van der Waals surface area contributed by atoms with Crippen molar-refractivity contribution in [3.05, 3.63) is 42.0 Å². The van der Waals surface area contributed by atoms with Crippen molar-refractivity contribution in [1.29, 1.82) is 0 Å². The fourth-order valence-corrected chi connectivity index (χ4v) is 7.39. The predicted octanol–water partition coefficient (Wildman–Crippen LogP) is 3.46. The molecule has 1 aromatic heterocycles. The molecule has 39 heavy (non-hydrogen) atoms. The van der Waals surface area contributed by atoms with Crippen LogP contribution in [0.25, 0.3) is 10.2 Å². The molecule has 3 heterocycles. The maximum absolute atomic E-state index is 13.8. The number of anilines is 1. The molecule has 1 amide bonds. The second-order valence-corrected chi connectivity index (χ2v) is 13.1. The summed E-state index contributed by atoms with van der Waals surface area (Å²) in [6.45, 7) is 6.57. The minimum atomic E-state index is -3.70. The van der Waals surface area contributed by atoms with Crippen molar-refractivity contribution in [2.45, 2.75) is 37.4 Å². The molecule has 2 aromatic carbocycles. The van der Waals surface area contributed by atoms with Crippen LogP contribution < -0.4 is 14.4 Å². The molecule has 0 radical (unpaired) electrons. The SMILES string of the molecule is C[C@@H]1CN(S(=O)(=O)c2ccc(C(=O)N(CCCN(C)C)c3nc4cc5c(cc4s3)OCCO5)cc2)C[C@@H](C)O1. The minimum absolute atomic E-state index is 0.157. The van der Waals surface area contributed by atoms with E-state index in [1.165, 1.54) is 27.8 Å². The van der Waals surface area contributed by atoms with Crippen LogP contribution in [0.2, 0.25) is 0 Å². The zero-order chi connectivity index (χ0) is 27.7. The monoisotopic (exact) mass is 574 g/mol. The zero-order valence-electron chi connectivity index (χ0n) is 22.6. The number of morpholine rings is 1. The van der Waals surface area contributed by atoms with E-state index in [1.807, 2.05) is 40.1 Å². The van der Waals surface area contributed by atoms with Gasteiger partial charge in [0.1, 0.15) is 13.2 Å². The summed E-state index contributed by atoms with van der Waals surface area (Å²) in [5.41, 5.74) is 1.13. The van der Waals surface area contributed by atoms with Gasteiger partial charge in [-0.05, 0) is 65.2 Å². The number of nitrogens with zero attached hydrogens (tertiary/aromatic N) is 4. The van der Waals surface area contributed by atoms with E-state index in [0.29, 0.717) is 55.0 Å². The Morgan fingerprint density at radius 1 is 1.03 bits per heavy atom. The van der Waals surface area contributed by atoms with Crippen molar-refractivity contribution >= 4 is 42.6 Å². The van der Waals surface area contributed by atoms with Crippen LogP contribution in [0, 0.1) is 0 Å². The third-order valence-electron chi connectivity index (χ3n) is 6.63. The lowest BCUT2D eigenvalue weighted by Gasteiger charge is -2.34. The summed E-state index contributed by atoms with van der Waals surface area (Å²) < 4.78 is 46.0. The van der Waals surface area contributed by atoms with Crippen molar-refractivity contribution in [1.82, 2.24) is 14.2 Å². The van der Waals surface area contributed by atoms with Crippen LogP contribution in [-0.2, 0) is 14.8 Å². The first-order chi connectivity index (χ1) is 18.6. The molecular formula is C27H34N4O6S2. The molecule has 1 fully saturated rings. The summed E-state index contributed by atoms with van der Waals surface area (Å²) in [6, 6.07) is 9.92. The van der Waals surface area contributed by atoms with Crippen LogP contribution in [0.4, 0.5) is 5.13 Å². The second-order valence-electron chi connectivity index (χ2n) is 10.2. The standard InChI is InChI=1S/C27H34N4O6S2/c1-18-16-30(17-19(2)37-18)39(33,34)21-8-6-20(7-9-21)26(32)31(11-5-10-29(3)4)27-28-22-14-23-24(15-25(22)38-27)36-13-12-35-23/h6-9,14-15,18-19H,5,10-13,16-17H2,1-4H3/t18-,19-/m1/s1. The zero-order valence-corrected chi connectivity index (χ0v) is 24.3. The Bertz CT molecular complexity index is 1390. The number of aromatic nitrogens is 1. The number of sulfonamides is 1. The highest BCUT2D eigenvalue weighted by Crippen LogP contribution is 2.39. The third kappa shape index (κ3) is 6.04. The van der Waals surface area contributed by atoms with E-state index in [1.54, 1.807) is 17.0 Å². The molecule has 10 nitrogen and oxygen atoms in total. The second kappa shape index (κ2) is 11.4. The third-order valence-corrected chi connectivity index (χ3v) is 9.52. The molecule has 0 unspecified atom stereocenters. The maximum atomic E-state index is 13.8. The molecule has 12 heteroatoms. The van der Waals surface area contributed by atoms with Gasteiger partial charge in [-0.3, -0.25) is 9.69 Å². The van der Waals surface area contributed by atoms with Crippen molar-refractivity contribution in [3.8, 4) is 11.5 Å². The Balaban J connectivity index is 1.41. The lowest BCUT2D eigenvalue weighted by atomic mass is 10.2. The summed E-state index contributed by atoms with van der Waals surface area (Å²) in [6.07, 6.45) is 0.382. The van der Waals surface area contributed by atoms with Gasteiger partial charge >= 0.3 is 0 Å². The Kier molecular flexibility index (Phi) is 8.11. The fraction of sp³-hybridized carbons (Fsp3) is 0.481. The average Bonchev–Trinajstić information content (AvgIpc) is 3.31. The van der Waals surface area contributed by atoms with Crippen LogP contribution >= 0.6 is 11.3 Å². The summed E-state index contributed by atoms with van der Waals surface area (Å²) in [5.74, 6) is 1.09. The van der Waals surface area contributed by atoms with E-state index < -0.39 is 10.0 Å². The normalized spacial score (nSPS) is 19.9. The molecular weight excluding hydrogens is 540 g/mol. The predicted molar refractivity (Wildman–Crippen MR) is 151 cm³/mol. The smallest absolute Gasteiger partial charge is 0.260 e. The summed E-state index contributed by atoms with van der Waals surface area (Å²) in [4.78, 5) is 22.4. The lowest BCUT2D eigenvalue weighted by Crippen LogP contribution is -2.48. The van der Waals surface area contributed by atoms with Gasteiger partial charge in [-0.15, -0.1) is 0 Å². The summed E-state index contributed by atoms with van der Waals surface area (Å²) in [7, 11) is 0.276. The molecule has 0 aliphatic carbocycles. The molecule has 2 aliphatic heterocycles.